The SMILES string of the molecule is Cc1cc2c(oc3ccccc32)c(-c2cc([Si](C)(C)C)c3ccc(CC4CCCC4)cc3[n+]2C)c1C. The molecule has 0 radical (unpaired) electrons. The highest BCUT2D eigenvalue weighted by Gasteiger charge is 2.29. The van der Waals surface area contributed by atoms with Crippen LogP contribution < -0.4 is 9.75 Å². The van der Waals surface area contributed by atoms with Crippen molar-refractivity contribution in [2.75, 3.05) is 0 Å². The molecule has 0 bridgehead atoms. The van der Waals surface area contributed by atoms with Gasteiger partial charge in [0.15, 0.2) is 0 Å². The summed E-state index contributed by atoms with van der Waals surface area (Å²) in [7, 11) is 0.639. The van der Waals surface area contributed by atoms with Crippen LogP contribution in [0.4, 0.5) is 0 Å². The highest BCUT2D eigenvalue weighted by molar-refractivity contribution is 6.90. The zero-order chi connectivity index (χ0) is 25.2. The molecule has 36 heavy (non-hydrogen) atoms. The summed E-state index contributed by atoms with van der Waals surface area (Å²) in [6, 6.07) is 20.5. The van der Waals surface area contributed by atoms with Crippen molar-refractivity contribution in [3.05, 3.63) is 71.3 Å². The van der Waals surface area contributed by atoms with E-state index in [2.05, 4.69) is 99.7 Å². The summed E-state index contributed by atoms with van der Waals surface area (Å²) in [5.74, 6) is 0.849. The minimum atomic E-state index is -1.61. The summed E-state index contributed by atoms with van der Waals surface area (Å²) in [5.41, 5.74) is 9.94. The number of aromatic nitrogens is 1. The molecule has 3 aromatic carbocycles. The molecule has 0 aliphatic heterocycles. The molecule has 0 saturated heterocycles. The monoisotopic (exact) mass is 492 g/mol. The van der Waals surface area contributed by atoms with E-state index in [-0.39, 0.29) is 0 Å². The van der Waals surface area contributed by atoms with E-state index in [9.17, 15) is 0 Å². The lowest BCUT2D eigenvalue weighted by molar-refractivity contribution is -0.633. The van der Waals surface area contributed by atoms with E-state index in [1.165, 1.54) is 86.9 Å². The first-order chi connectivity index (χ1) is 17.2. The highest BCUT2D eigenvalue weighted by Crippen LogP contribution is 2.39. The third-order valence-corrected chi connectivity index (χ3v) is 10.6. The molecule has 2 heterocycles. The molecule has 2 aromatic heterocycles. The third kappa shape index (κ3) is 3.80. The third-order valence-electron chi connectivity index (χ3n) is 8.61. The van der Waals surface area contributed by atoms with Crippen LogP contribution in [0, 0.1) is 19.8 Å². The number of nitrogens with zero attached hydrogens (tertiary/aromatic N) is 1. The second-order valence-electron chi connectivity index (χ2n) is 12.1. The van der Waals surface area contributed by atoms with Gasteiger partial charge in [-0.05, 0) is 66.3 Å². The Morgan fingerprint density at radius 2 is 1.64 bits per heavy atom. The summed E-state index contributed by atoms with van der Waals surface area (Å²) >= 11 is 0. The van der Waals surface area contributed by atoms with E-state index in [1.807, 2.05) is 0 Å². The highest BCUT2D eigenvalue weighted by atomic mass is 28.3. The van der Waals surface area contributed by atoms with Gasteiger partial charge in [0.25, 0.3) is 0 Å². The number of rotatable bonds is 4. The molecule has 0 N–H and O–H groups in total. The number of hydrogen-bond donors (Lipinski definition) is 0. The van der Waals surface area contributed by atoms with Crippen LogP contribution in [0.5, 0.6) is 0 Å². The summed E-state index contributed by atoms with van der Waals surface area (Å²) in [4.78, 5) is 0. The van der Waals surface area contributed by atoms with Gasteiger partial charge in [0, 0.05) is 28.3 Å². The van der Waals surface area contributed by atoms with Gasteiger partial charge in [-0.1, -0.05) is 69.6 Å². The number of hydrogen-bond acceptors (Lipinski definition) is 1. The van der Waals surface area contributed by atoms with Crippen molar-refractivity contribution in [1.82, 2.24) is 0 Å². The van der Waals surface area contributed by atoms with Crippen LogP contribution in [0.3, 0.4) is 0 Å². The van der Waals surface area contributed by atoms with Gasteiger partial charge in [0.2, 0.25) is 11.2 Å². The first-order valence-electron chi connectivity index (χ1n) is 13.6. The zero-order valence-corrected chi connectivity index (χ0v) is 23.7. The molecule has 184 valence electrons. The average Bonchev–Trinajstić information content (AvgIpc) is 3.48. The lowest BCUT2D eigenvalue weighted by Gasteiger charge is -2.21. The van der Waals surface area contributed by atoms with Crippen LogP contribution in [-0.4, -0.2) is 8.07 Å². The molecule has 2 nitrogen and oxygen atoms in total. The Bertz CT molecular complexity index is 1630. The maximum atomic E-state index is 6.58. The minimum Gasteiger partial charge on any atom is -0.455 e. The van der Waals surface area contributed by atoms with E-state index in [1.54, 1.807) is 0 Å². The Balaban J connectivity index is 1.66. The van der Waals surface area contributed by atoms with Gasteiger partial charge in [-0.25, -0.2) is 0 Å². The second-order valence-corrected chi connectivity index (χ2v) is 17.2. The number of fused-ring (bicyclic) bond motifs is 4. The van der Waals surface area contributed by atoms with Gasteiger partial charge in [0.1, 0.15) is 18.2 Å². The molecule has 5 aromatic rings. The van der Waals surface area contributed by atoms with Gasteiger partial charge in [-0.2, -0.15) is 4.57 Å². The van der Waals surface area contributed by atoms with Crippen molar-refractivity contribution in [3.8, 4) is 11.3 Å². The number of pyridine rings is 1. The smallest absolute Gasteiger partial charge is 0.216 e. The number of furan rings is 1. The Labute approximate surface area is 216 Å². The number of para-hydroxylation sites is 1. The maximum absolute atomic E-state index is 6.58. The Kier molecular flexibility index (Phi) is 5.60. The fourth-order valence-electron chi connectivity index (χ4n) is 6.45. The zero-order valence-electron chi connectivity index (χ0n) is 22.7. The summed E-state index contributed by atoms with van der Waals surface area (Å²) in [5, 5.41) is 5.36. The molecule has 3 heteroatoms. The Morgan fingerprint density at radius 3 is 2.39 bits per heavy atom. The molecular weight excluding hydrogens is 454 g/mol. The Morgan fingerprint density at radius 1 is 0.889 bits per heavy atom. The van der Waals surface area contributed by atoms with Crippen molar-refractivity contribution < 1.29 is 8.98 Å². The van der Waals surface area contributed by atoms with Gasteiger partial charge in [0.05, 0.1) is 13.6 Å². The molecule has 1 fully saturated rings. The molecule has 0 amide bonds. The van der Waals surface area contributed by atoms with Crippen molar-refractivity contribution in [2.24, 2.45) is 13.0 Å². The Hall–Kier alpha value is -2.91. The van der Waals surface area contributed by atoms with Crippen LogP contribution >= 0.6 is 0 Å². The molecule has 0 atom stereocenters. The minimum absolute atomic E-state index is 0.849. The maximum Gasteiger partial charge on any atom is 0.216 e. The summed E-state index contributed by atoms with van der Waals surface area (Å²) in [6.07, 6.45) is 6.78. The summed E-state index contributed by atoms with van der Waals surface area (Å²) < 4.78 is 9.01. The number of benzene rings is 3. The molecule has 1 saturated carbocycles. The second kappa shape index (κ2) is 8.59. The van der Waals surface area contributed by atoms with Crippen molar-refractivity contribution in [3.63, 3.8) is 0 Å². The molecular formula is C33H38NOSi+. The average molecular weight is 493 g/mol. The van der Waals surface area contributed by atoms with Crippen LogP contribution in [0.1, 0.15) is 42.4 Å². The first-order valence-corrected chi connectivity index (χ1v) is 17.1. The van der Waals surface area contributed by atoms with Gasteiger partial charge in [-0.3, -0.25) is 0 Å². The lowest BCUT2D eigenvalue weighted by Crippen LogP contribution is -2.43. The van der Waals surface area contributed by atoms with Gasteiger partial charge < -0.3 is 4.42 Å². The molecule has 6 rings (SSSR count). The van der Waals surface area contributed by atoms with E-state index >= 15 is 0 Å². The van der Waals surface area contributed by atoms with Crippen molar-refractivity contribution in [1.29, 1.82) is 0 Å². The fourth-order valence-corrected chi connectivity index (χ4v) is 8.04. The molecule has 1 aliphatic rings. The predicted molar refractivity (Wildman–Crippen MR) is 156 cm³/mol. The number of aryl methyl sites for hydroxylation is 2. The predicted octanol–water partition coefficient (Wildman–Crippen LogP) is 8.13. The lowest BCUT2D eigenvalue weighted by atomic mass is 9.95. The van der Waals surface area contributed by atoms with Gasteiger partial charge >= 0.3 is 0 Å². The molecule has 0 unspecified atom stereocenters. The van der Waals surface area contributed by atoms with Crippen molar-refractivity contribution >= 4 is 46.1 Å². The molecule has 1 aliphatic carbocycles. The van der Waals surface area contributed by atoms with E-state index in [4.69, 9.17) is 4.42 Å². The first kappa shape index (κ1) is 23.5. The van der Waals surface area contributed by atoms with Crippen molar-refractivity contribution in [2.45, 2.75) is 65.6 Å². The van der Waals surface area contributed by atoms with Gasteiger partial charge in [-0.15, -0.1) is 0 Å². The van der Waals surface area contributed by atoms with Crippen LogP contribution in [0.15, 0.2) is 59.0 Å². The van der Waals surface area contributed by atoms with Crippen LogP contribution in [0.2, 0.25) is 19.6 Å². The van der Waals surface area contributed by atoms with E-state index in [0.29, 0.717) is 0 Å². The van der Waals surface area contributed by atoms with E-state index in [0.717, 1.165) is 17.1 Å². The normalized spacial score (nSPS) is 15.1. The quantitative estimate of drug-likeness (QED) is 0.183. The summed E-state index contributed by atoms with van der Waals surface area (Å²) in [6.45, 7) is 11.9. The standard InChI is InChI=1S/C33H38NOSi/c1-21-17-27-25-13-9-10-14-30(25)35-33(27)32(22(21)2)29-20-31(36(4,5)6)26-16-15-24(19-28(26)34(29)3)18-23-11-7-8-12-23/h9-10,13-17,19-20,23H,7-8,11-12,18H2,1-6H3/q+1. The fraction of sp³-hybridized carbons (Fsp3) is 0.364. The largest absolute Gasteiger partial charge is 0.455 e. The van der Waals surface area contributed by atoms with Crippen LogP contribution in [0.25, 0.3) is 44.1 Å². The van der Waals surface area contributed by atoms with E-state index < -0.39 is 8.07 Å². The molecule has 0 spiro atoms. The topological polar surface area (TPSA) is 17.0 Å². The van der Waals surface area contributed by atoms with Crippen LogP contribution in [-0.2, 0) is 13.5 Å².